The van der Waals surface area contributed by atoms with Gasteiger partial charge in [-0.1, -0.05) is 12.1 Å². The maximum atomic E-state index is 13.0. The van der Waals surface area contributed by atoms with E-state index in [-0.39, 0.29) is 17.6 Å². The Labute approximate surface area is 176 Å². The van der Waals surface area contributed by atoms with Crippen LogP contribution in [0.3, 0.4) is 0 Å². The molecule has 1 aliphatic heterocycles. The molecule has 1 aromatic carbocycles. The molecule has 30 heavy (non-hydrogen) atoms. The number of rotatable bonds is 3. The Hall–Kier alpha value is -3.13. The molecule has 1 saturated carbocycles. The fraction of sp³-hybridized carbons (Fsp3) is 0.273. The van der Waals surface area contributed by atoms with Gasteiger partial charge < -0.3 is 9.40 Å². The maximum Gasteiger partial charge on any atom is 0.174 e. The third kappa shape index (κ3) is 2.90. The van der Waals surface area contributed by atoms with Gasteiger partial charge in [0.15, 0.2) is 16.1 Å². The van der Waals surface area contributed by atoms with Crippen LogP contribution in [-0.2, 0) is 4.79 Å². The van der Waals surface area contributed by atoms with Crippen molar-refractivity contribution in [2.75, 3.05) is 0 Å². The van der Waals surface area contributed by atoms with Gasteiger partial charge in [-0.2, -0.15) is 5.10 Å². The number of benzene rings is 1. The van der Waals surface area contributed by atoms with E-state index in [1.54, 1.807) is 6.20 Å². The molecular weight excluding hydrogens is 398 g/mol. The molecule has 2 N–H and O–H groups in total. The number of para-hydroxylation sites is 2. The molecule has 0 bridgehead atoms. The van der Waals surface area contributed by atoms with Crippen molar-refractivity contribution in [3.8, 4) is 0 Å². The van der Waals surface area contributed by atoms with Gasteiger partial charge in [0.25, 0.3) is 0 Å². The normalized spacial score (nSPS) is 21.2. The highest BCUT2D eigenvalue weighted by Crippen LogP contribution is 2.45. The summed E-state index contributed by atoms with van der Waals surface area (Å²) in [6.07, 6.45) is 5.11. The quantitative estimate of drug-likeness (QED) is 0.488. The second-order valence-corrected chi connectivity index (χ2v) is 8.72. The van der Waals surface area contributed by atoms with Crippen LogP contribution in [0.5, 0.6) is 0 Å². The summed E-state index contributed by atoms with van der Waals surface area (Å²) in [5, 5.41) is 8.67. The topological polar surface area (TPSA) is 99.9 Å². The smallest absolute Gasteiger partial charge is 0.174 e. The number of ketones is 1. The first kappa shape index (κ1) is 17.7. The molecule has 1 fully saturated rings. The van der Waals surface area contributed by atoms with Crippen LogP contribution in [0.4, 0.5) is 5.82 Å². The first-order valence-electron chi connectivity index (χ1n) is 10.1. The highest BCUT2D eigenvalue weighted by atomic mass is 32.2. The number of fused-ring (bicyclic) bond motifs is 3. The summed E-state index contributed by atoms with van der Waals surface area (Å²) in [6, 6.07) is 11.8. The second-order valence-electron chi connectivity index (χ2n) is 7.72. The van der Waals surface area contributed by atoms with Gasteiger partial charge in [0, 0.05) is 17.7 Å². The summed E-state index contributed by atoms with van der Waals surface area (Å²) >= 11 is 1.44. The van der Waals surface area contributed by atoms with Crippen molar-refractivity contribution in [2.24, 2.45) is 10.9 Å². The van der Waals surface area contributed by atoms with Crippen LogP contribution in [0.2, 0.25) is 0 Å². The van der Waals surface area contributed by atoms with Gasteiger partial charge in [-0.25, -0.2) is 9.98 Å². The van der Waals surface area contributed by atoms with Crippen LogP contribution in [0.15, 0.2) is 62.3 Å². The third-order valence-electron chi connectivity index (χ3n) is 5.86. The van der Waals surface area contributed by atoms with Crippen molar-refractivity contribution >= 4 is 40.1 Å². The lowest BCUT2D eigenvalue weighted by Crippen LogP contribution is -2.31. The van der Waals surface area contributed by atoms with Gasteiger partial charge in [-0.05, 0) is 55.3 Å². The Morgan fingerprint density at radius 3 is 2.90 bits per heavy atom. The summed E-state index contributed by atoms with van der Waals surface area (Å²) in [5.41, 5.74) is 3.79. The standard InChI is InChI=1S/C22H19N5O2S/c28-16-8-4-3-7-15-20(16)19(12-11-23-27-21(12)24-15)17-9-10-18(29-17)30-22-25-13-5-1-2-6-14(13)26-22/h1-2,5-6,9-11,19-20H,3-4,7-8H2,(H,23,27)(H,25,26). The van der Waals surface area contributed by atoms with Crippen molar-refractivity contribution in [3.05, 3.63) is 53.9 Å². The van der Waals surface area contributed by atoms with E-state index in [0.29, 0.717) is 6.42 Å². The average molecular weight is 417 g/mol. The number of aliphatic imine (C=N–C) groups is 1. The number of aromatic nitrogens is 4. The molecule has 2 unspecified atom stereocenters. The van der Waals surface area contributed by atoms with E-state index in [2.05, 4.69) is 20.2 Å². The van der Waals surface area contributed by atoms with Crippen LogP contribution < -0.4 is 0 Å². The zero-order chi connectivity index (χ0) is 20.1. The Bertz CT molecular complexity index is 1250. The minimum absolute atomic E-state index is 0.193. The Kier molecular flexibility index (Phi) is 4.12. The number of hydrogen-bond donors (Lipinski definition) is 2. The van der Waals surface area contributed by atoms with Crippen molar-refractivity contribution in [3.63, 3.8) is 0 Å². The highest BCUT2D eigenvalue weighted by molar-refractivity contribution is 7.99. The molecule has 2 aliphatic rings. The molecule has 6 rings (SSSR count). The van der Waals surface area contributed by atoms with Gasteiger partial charge in [0.05, 0.1) is 29.1 Å². The van der Waals surface area contributed by atoms with Gasteiger partial charge in [0.2, 0.25) is 0 Å². The first-order valence-corrected chi connectivity index (χ1v) is 10.9. The second kappa shape index (κ2) is 6.98. The number of H-pyrrole nitrogens is 2. The molecule has 0 amide bonds. The summed E-state index contributed by atoms with van der Waals surface area (Å²) in [5.74, 6) is 1.29. The largest absolute Gasteiger partial charge is 0.454 e. The monoisotopic (exact) mass is 417 g/mol. The van der Waals surface area contributed by atoms with Crippen LogP contribution in [0.25, 0.3) is 11.0 Å². The average Bonchev–Trinajstić information content (AvgIpc) is 3.46. The minimum atomic E-state index is -0.271. The molecule has 7 nitrogen and oxygen atoms in total. The van der Waals surface area contributed by atoms with E-state index < -0.39 is 0 Å². The Morgan fingerprint density at radius 1 is 1.07 bits per heavy atom. The van der Waals surface area contributed by atoms with Crippen molar-refractivity contribution in [1.29, 1.82) is 0 Å². The Balaban J connectivity index is 1.36. The lowest BCUT2D eigenvalue weighted by molar-refractivity contribution is -0.121. The van der Waals surface area contributed by atoms with E-state index in [1.807, 2.05) is 36.4 Å². The zero-order valence-corrected chi connectivity index (χ0v) is 16.9. The number of carbonyl (C=O) groups excluding carboxylic acids is 1. The number of carbonyl (C=O) groups is 1. The molecule has 0 saturated heterocycles. The van der Waals surface area contributed by atoms with Crippen LogP contribution in [0, 0.1) is 5.92 Å². The van der Waals surface area contributed by atoms with Crippen LogP contribution in [0.1, 0.15) is 42.9 Å². The number of imidazole rings is 1. The molecule has 8 heteroatoms. The fourth-order valence-electron chi connectivity index (χ4n) is 4.48. The molecule has 150 valence electrons. The number of hydrogen-bond acceptors (Lipinski definition) is 6. The third-order valence-corrected chi connectivity index (χ3v) is 6.66. The van der Waals surface area contributed by atoms with Gasteiger partial charge in [-0.15, -0.1) is 0 Å². The highest BCUT2D eigenvalue weighted by Gasteiger charge is 2.42. The number of furan rings is 1. The summed E-state index contributed by atoms with van der Waals surface area (Å²) in [6.45, 7) is 0. The SMILES string of the molecule is O=C1CCCCC2=Nc3[nH]ncc3C(c3ccc(Sc4nc5ccccc5[nH]4)o3)C12. The molecule has 1 aliphatic carbocycles. The lowest BCUT2D eigenvalue weighted by Gasteiger charge is -2.28. The number of aromatic amines is 2. The van der Waals surface area contributed by atoms with E-state index in [4.69, 9.17) is 9.41 Å². The zero-order valence-electron chi connectivity index (χ0n) is 16.1. The Morgan fingerprint density at radius 2 is 1.97 bits per heavy atom. The molecular formula is C22H19N5O2S. The van der Waals surface area contributed by atoms with Gasteiger partial charge in [0.1, 0.15) is 11.5 Å². The van der Waals surface area contributed by atoms with Crippen molar-refractivity contribution in [1.82, 2.24) is 20.2 Å². The first-order chi connectivity index (χ1) is 14.8. The van der Waals surface area contributed by atoms with E-state index in [0.717, 1.165) is 63.4 Å². The van der Waals surface area contributed by atoms with Crippen molar-refractivity contribution < 1.29 is 9.21 Å². The van der Waals surface area contributed by atoms with Gasteiger partial charge in [-0.3, -0.25) is 9.89 Å². The van der Waals surface area contributed by atoms with Crippen molar-refractivity contribution in [2.45, 2.75) is 41.8 Å². The molecule has 4 heterocycles. The number of nitrogens with one attached hydrogen (secondary N) is 2. The molecule has 2 atom stereocenters. The van der Waals surface area contributed by atoms with Gasteiger partial charge >= 0.3 is 0 Å². The van der Waals surface area contributed by atoms with E-state index in [1.165, 1.54) is 11.8 Å². The molecule has 3 aromatic heterocycles. The van der Waals surface area contributed by atoms with E-state index >= 15 is 0 Å². The van der Waals surface area contributed by atoms with Crippen LogP contribution >= 0.6 is 11.8 Å². The molecule has 4 aromatic rings. The number of nitrogens with zero attached hydrogens (tertiary/aromatic N) is 3. The molecule has 0 spiro atoms. The summed E-state index contributed by atoms with van der Waals surface area (Å²) in [4.78, 5) is 25.6. The predicted octanol–water partition coefficient (Wildman–Crippen LogP) is 5.01. The van der Waals surface area contributed by atoms with E-state index in [9.17, 15) is 4.79 Å². The molecule has 0 radical (unpaired) electrons. The maximum absolute atomic E-state index is 13.0. The minimum Gasteiger partial charge on any atom is -0.454 e. The predicted molar refractivity (Wildman–Crippen MR) is 113 cm³/mol. The lowest BCUT2D eigenvalue weighted by atomic mass is 9.77. The summed E-state index contributed by atoms with van der Waals surface area (Å²) in [7, 11) is 0. The number of Topliss-reactive ketones (excluding diaryl/α,β-unsaturated/α-hetero) is 1. The fourth-order valence-corrected chi connectivity index (χ4v) is 5.25. The van der Waals surface area contributed by atoms with Crippen LogP contribution in [-0.4, -0.2) is 31.7 Å². The summed E-state index contributed by atoms with van der Waals surface area (Å²) < 4.78 is 6.24.